The third-order valence-electron chi connectivity index (χ3n) is 2.86. The van der Waals surface area contributed by atoms with Crippen LogP contribution in [-0.2, 0) is 6.54 Å². The van der Waals surface area contributed by atoms with Crippen molar-refractivity contribution in [1.82, 2.24) is 25.2 Å². The number of tetrazole rings is 1. The summed E-state index contributed by atoms with van der Waals surface area (Å²) in [4.78, 5) is 4.43. The molecule has 0 amide bonds. The van der Waals surface area contributed by atoms with E-state index in [9.17, 15) is 0 Å². The SMILES string of the molecule is Cc1nc(CNc2cccc(-n3nnnc3C)c2)cs1. The first kappa shape index (κ1) is 12.7. The quantitative estimate of drug-likeness (QED) is 0.797. The molecular formula is C13H14N6S. The molecule has 0 saturated heterocycles. The zero-order chi connectivity index (χ0) is 13.9. The number of nitrogens with one attached hydrogen (secondary N) is 1. The Hall–Kier alpha value is -2.28. The second kappa shape index (κ2) is 5.38. The minimum Gasteiger partial charge on any atom is -0.379 e. The predicted octanol–water partition coefficient (Wildman–Crippen LogP) is 2.35. The van der Waals surface area contributed by atoms with Gasteiger partial charge in [0.05, 0.1) is 22.9 Å². The maximum absolute atomic E-state index is 4.43. The smallest absolute Gasteiger partial charge is 0.153 e. The lowest BCUT2D eigenvalue weighted by Crippen LogP contribution is -2.03. The average Bonchev–Trinajstić information content (AvgIpc) is 3.05. The second-order valence-corrected chi connectivity index (χ2v) is 5.46. The van der Waals surface area contributed by atoms with Gasteiger partial charge in [-0.25, -0.2) is 4.98 Å². The molecule has 6 nitrogen and oxygen atoms in total. The van der Waals surface area contributed by atoms with Gasteiger partial charge in [0, 0.05) is 11.1 Å². The van der Waals surface area contributed by atoms with Crippen molar-refractivity contribution in [2.75, 3.05) is 5.32 Å². The van der Waals surface area contributed by atoms with E-state index in [1.165, 1.54) is 0 Å². The topological polar surface area (TPSA) is 68.5 Å². The zero-order valence-corrected chi connectivity index (χ0v) is 12.1. The third kappa shape index (κ3) is 2.67. The van der Waals surface area contributed by atoms with E-state index in [0.717, 1.165) is 27.9 Å². The average molecular weight is 286 g/mol. The second-order valence-electron chi connectivity index (χ2n) is 4.40. The highest BCUT2D eigenvalue weighted by Gasteiger charge is 2.04. The molecule has 1 N–H and O–H groups in total. The van der Waals surface area contributed by atoms with Crippen molar-refractivity contribution in [2.45, 2.75) is 20.4 Å². The monoisotopic (exact) mass is 286 g/mol. The Morgan fingerprint density at radius 3 is 2.90 bits per heavy atom. The van der Waals surface area contributed by atoms with Crippen LogP contribution >= 0.6 is 11.3 Å². The van der Waals surface area contributed by atoms with Gasteiger partial charge in [-0.15, -0.1) is 16.4 Å². The molecule has 0 spiro atoms. The molecule has 2 aromatic heterocycles. The predicted molar refractivity (Wildman–Crippen MR) is 78.1 cm³/mol. The van der Waals surface area contributed by atoms with Gasteiger partial charge in [-0.1, -0.05) is 6.07 Å². The van der Waals surface area contributed by atoms with E-state index in [1.54, 1.807) is 16.0 Å². The van der Waals surface area contributed by atoms with E-state index in [-0.39, 0.29) is 0 Å². The summed E-state index contributed by atoms with van der Waals surface area (Å²) in [5.74, 6) is 0.761. The molecule has 0 aliphatic heterocycles. The Balaban J connectivity index is 1.76. The molecule has 0 saturated carbocycles. The van der Waals surface area contributed by atoms with Crippen molar-refractivity contribution < 1.29 is 0 Å². The van der Waals surface area contributed by atoms with Gasteiger partial charge in [0.2, 0.25) is 0 Å². The number of benzene rings is 1. The van der Waals surface area contributed by atoms with Gasteiger partial charge in [0.25, 0.3) is 0 Å². The number of rotatable bonds is 4. The van der Waals surface area contributed by atoms with Crippen LogP contribution in [0.15, 0.2) is 29.6 Å². The Morgan fingerprint density at radius 1 is 1.30 bits per heavy atom. The van der Waals surface area contributed by atoms with E-state index >= 15 is 0 Å². The molecule has 102 valence electrons. The Labute approximate surface area is 120 Å². The number of nitrogens with zero attached hydrogens (tertiary/aromatic N) is 5. The fraction of sp³-hybridized carbons (Fsp3) is 0.231. The summed E-state index contributed by atoms with van der Waals surface area (Å²) in [5, 5.41) is 18.0. The van der Waals surface area contributed by atoms with Crippen molar-refractivity contribution in [3.05, 3.63) is 46.2 Å². The van der Waals surface area contributed by atoms with Crippen LogP contribution in [0.5, 0.6) is 0 Å². The van der Waals surface area contributed by atoms with Crippen LogP contribution in [0.25, 0.3) is 5.69 Å². The molecule has 1 aromatic carbocycles. The van der Waals surface area contributed by atoms with Gasteiger partial charge in [-0.05, 0) is 42.5 Å². The van der Waals surface area contributed by atoms with Gasteiger partial charge in [-0.2, -0.15) is 4.68 Å². The van der Waals surface area contributed by atoms with Crippen molar-refractivity contribution >= 4 is 17.0 Å². The van der Waals surface area contributed by atoms with Crippen LogP contribution in [0.3, 0.4) is 0 Å². The molecule has 0 fully saturated rings. The summed E-state index contributed by atoms with van der Waals surface area (Å²) in [7, 11) is 0. The van der Waals surface area contributed by atoms with E-state index in [0.29, 0.717) is 6.54 Å². The minimum atomic E-state index is 0.711. The number of hydrogen-bond acceptors (Lipinski definition) is 6. The van der Waals surface area contributed by atoms with Crippen LogP contribution < -0.4 is 5.32 Å². The van der Waals surface area contributed by atoms with Gasteiger partial charge in [-0.3, -0.25) is 0 Å². The van der Waals surface area contributed by atoms with Crippen LogP contribution in [0.4, 0.5) is 5.69 Å². The number of aryl methyl sites for hydroxylation is 2. The van der Waals surface area contributed by atoms with Crippen LogP contribution in [0.2, 0.25) is 0 Å². The lowest BCUT2D eigenvalue weighted by atomic mass is 10.2. The van der Waals surface area contributed by atoms with E-state index in [1.807, 2.05) is 38.1 Å². The van der Waals surface area contributed by atoms with Crippen LogP contribution in [0.1, 0.15) is 16.5 Å². The van der Waals surface area contributed by atoms with E-state index < -0.39 is 0 Å². The molecule has 0 bridgehead atoms. The highest BCUT2D eigenvalue weighted by atomic mass is 32.1. The van der Waals surface area contributed by atoms with Gasteiger partial charge in [0.1, 0.15) is 0 Å². The van der Waals surface area contributed by atoms with Crippen LogP contribution in [-0.4, -0.2) is 25.2 Å². The zero-order valence-electron chi connectivity index (χ0n) is 11.2. The van der Waals surface area contributed by atoms with E-state index in [2.05, 4.69) is 31.2 Å². The Bertz CT molecular complexity index is 717. The lowest BCUT2D eigenvalue weighted by molar-refractivity contribution is 0.779. The van der Waals surface area contributed by atoms with Crippen molar-refractivity contribution in [2.24, 2.45) is 0 Å². The van der Waals surface area contributed by atoms with Crippen LogP contribution in [0, 0.1) is 13.8 Å². The van der Waals surface area contributed by atoms with Gasteiger partial charge in [0.15, 0.2) is 5.82 Å². The molecule has 0 aliphatic rings. The maximum atomic E-state index is 4.43. The standard InChI is InChI=1S/C13H14N6S/c1-9-16-17-18-19(9)13-5-3-4-11(6-13)14-7-12-8-20-10(2)15-12/h3-6,8,14H,7H2,1-2H3. The normalized spacial score (nSPS) is 10.7. The summed E-state index contributed by atoms with van der Waals surface area (Å²) in [6.45, 7) is 4.59. The summed E-state index contributed by atoms with van der Waals surface area (Å²) in [6.07, 6.45) is 0. The van der Waals surface area contributed by atoms with Crippen molar-refractivity contribution in [3.8, 4) is 5.69 Å². The molecule has 7 heteroatoms. The van der Waals surface area contributed by atoms with Crippen molar-refractivity contribution in [3.63, 3.8) is 0 Å². The molecule has 3 aromatic rings. The van der Waals surface area contributed by atoms with E-state index in [4.69, 9.17) is 0 Å². The highest BCUT2D eigenvalue weighted by Crippen LogP contribution is 2.16. The molecule has 2 heterocycles. The largest absolute Gasteiger partial charge is 0.379 e. The molecule has 0 radical (unpaired) electrons. The maximum Gasteiger partial charge on any atom is 0.153 e. The summed E-state index contributed by atoms with van der Waals surface area (Å²) in [6, 6.07) is 7.98. The number of hydrogen-bond donors (Lipinski definition) is 1. The fourth-order valence-electron chi connectivity index (χ4n) is 1.90. The molecule has 0 atom stereocenters. The summed E-state index contributed by atoms with van der Waals surface area (Å²) in [5.41, 5.74) is 3.01. The first-order valence-electron chi connectivity index (χ1n) is 6.23. The van der Waals surface area contributed by atoms with Crippen molar-refractivity contribution in [1.29, 1.82) is 0 Å². The van der Waals surface area contributed by atoms with Gasteiger partial charge < -0.3 is 5.32 Å². The number of aromatic nitrogens is 5. The highest BCUT2D eigenvalue weighted by molar-refractivity contribution is 7.09. The number of anilines is 1. The molecule has 0 unspecified atom stereocenters. The minimum absolute atomic E-state index is 0.711. The molecule has 0 aliphatic carbocycles. The summed E-state index contributed by atoms with van der Waals surface area (Å²) < 4.78 is 1.71. The first-order chi connectivity index (χ1) is 9.72. The Kier molecular flexibility index (Phi) is 3.42. The molecule has 3 rings (SSSR count). The fourth-order valence-corrected chi connectivity index (χ4v) is 2.51. The molecule has 20 heavy (non-hydrogen) atoms. The summed E-state index contributed by atoms with van der Waals surface area (Å²) >= 11 is 1.66. The first-order valence-corrected chi connectivity index (χ1v) is 7.10. The Morgan fingerprint density at radius 2 is 2.20 bits per heavy atom. The van der Waals surface area contributed by atoms with Gasteiger partial charge >= 0.3 is 0 Å². The molecular weight excluding hydrogens is 272 g/mol. The third-order valence-corrected chi connectivity index (χ3v) is 3.68. The lowest BCUT2D eigenvalue weighted by Gasteiger charge is -2.07. The number of thiazole rings is 1.